The van der Waals surface area contributed by atoms with Crippen LogP contribution in [0, 0.1) is 5.82 Å². The van der Waals surface area contributed by atoms with Crippen LogP contribution in [0.1, 0.15) is 54.4 Å². The number of aromatic carboxylic acids is 1. The Hall–Kier alpha value is -1.42. The lowest BCUT2D eigenvalue weighted by atomic mass is 10.1. The number of carboxylic acids is 1. The molecule has 0 aromatic heterocycles. The molecule has 0 bridgehead atoms. The summed E-state index contributed by atoms with van der Waals surface area (Å²) in [6.07, 6.45) is 7.09. The third kappa shape index (κ3) is 4.03. The predicted molar refractivity (Wildman–Crippen MR) is 69.6 cm³/mol. The molecular formula is C15H19FO3. The van der Waals surface area contributed by atoms with Gasteiger partial charge in [-0.3, -0.25) is 0 Å². The predicted octanol–water partition coefficient (Wildman–Crippen LogP) is 3.76. The van der Waals surface area contributed by atoms with Crippen LogP contribution in [-0.2, 0) is 11.3 Å². The normalized spacial score (nSPS) is 17.1. The monoisotopic (exact) mass is 266 g/mol. The van der Waals surface area contributed by atoms with Crippen molar-refractivity contribution >= 4 is 5.97 Å². The van der Waals surface area contributed by atoms with Crippen molar-refractivity contribution in [3.8, 4) is 0 Å². The van der Waals surface area contributed by atoms with Crippen LogP contribution in [0.15, 0.2) is 18.2 Å². The summed E-state index contributed by atoms with van der Waals surface area (Å²) in [7, 11) is 0. The Balaban J connectivity index is 2.00. The van der Waals surface area contributed by atoms with Crippen molar-refractivity contribution in [1.29, 1.82) is 0 Å². The summed E-state index contributed by atoms with van der Waals surface area (Å²) in [5.74, 6) is -1.64. The molecule has 1 saturated carbocycles. The Labute approximate surface area is 112 Å². The number of carbonyl (C=O) groups is 1. The van der Waals surface area contributed by atoms with Gasteiger partial charge in [-0.05, 0) is 30.5 Å². The van der Waals surface area contributed by atoms with Crippen molar-refractivity contribution in [2.24, 2.45) is 0 Å². The zero-order chi connectivity index (χ0) is 13.7. The highest BCUT2D eigenvalue weighted by atomic mass is 19.1. The van der Waals surface area contributed by atoms with Gasteiger partial charge in [-0.15, -0.1) is 0 Å². The lowest BCUT2D eigenvalue weighted by Crippen LogP contribution is -2.13. The van der Waals surface area contributed by atoms with Gasteiger partial charge in [0.25, 0.3) is 0 Å². The molecule has 0 spiro atoms. The van der Waals surface area contributed by atoms with Crippen LogP contribution in [0.2, 0.25) is 0 Å². The smallest absolute Gasteiger partial charge is 0.336 e. The van der Waals surface area contributed by atoms with Gasteiger partial charge in [-0.25, -0.2) is 9.18 Å². The summed E-state index contributed by atoms with van der Waals surface area (Å²) in [5.41, 5.74) is 0.534. The van der Waals surface area contributed by atoms with E-state index in [4.69, 9.17) is 9.84 Å². The highest BCUT2D eigenvalue weighted by Gasteiger charge is 2.15. The maximum Gasteiger partial charge on any atom is 0.336 e. The van der Waals surface area contributed by atoms with Gasteiger partial charge >= 0.3 is 5.97 Å². The van der Waals surface area contributed by atoms with Gasteiger partial charge in [0.1, 0.15) is 5.82 Å². The van der Waals surface area contributed by atoms with E-state index in [0.29, 0.717) is 5.56 Å². The first-order valence-electron chi connectivity index (χ1n) is 6.80. The molecule has 1 aromatic carbocycles. The quantitative estimate of drug-likeness (QED) is 0.844. The van der Waals surface area contributed by atoms with Crippen LogP contribution in [-0.4, -0.2) is 17.2 Å². The molecule has 104 valence electrons. The van der Waals surface area contributed by atoms with Crippen LogP contribution >= 0.6 is 0 Å². The summed E-state index contributed by atoms with van der Waals surface area (Å²) < 4.78 is 18.8. The van der Waals surface area contributed by atoms with E-state index in [1.807, 2.05) is 0 Å². The van der Waals surface area contributed by atoms with Crippen molar-refractivity contribution in [3.05, 3.63) is 35.1 Å². The van der Waals surface area contributed by atoms with E-state index in [0.717, 1.165) is 18.9 Å². The largest absolute Gasteiger partial charge is 0.478 e. The summed E-state index contributed by atoms with van der Waals surface area (Å²) in [6, 6.07) is 3.82. The Morgan fingerprint density at radius 3 is 2.58 bits per heavy atom. The van der Waals surface area contributed by atoms with Gasteiger partial charge in [-0.1, -0.05) is 31.7 Å². The fraction of sp³-hybridized carbons (Fsp3) is 0.533. The fourth-order valence-corrected chi connectivity index (χ4v) is 2.49. The van der Waals surface area contributed by atoms with Crippen LogP contribution in [0.5, 0.6) is 0 Å². The van der Waals surface area contributed by atoms with E-state index in [-0.39, 0.29) is 18.3 Å². The zero-order valence-corrected chi connectivity index (χ0v) is 10.9. The second-order valence-corrected chi connectivity index (χ2v) is 5.03. The first-order valence-corrected chi connectivity index (χ1v) is 6.80. The van der Waals surface area contributed by atoms with Crippen LogP contribution in [0.4, 0.5) is 4.39 Å². The minimum absolute atomic E-state index is 0.00591. The second kappa shape index (κ2) is 6.66. The average Bonchev–Trinajstić information content (AvgIpc) is 2.65. The molecule has 0 heterocycles. The molecule has 0 amide bonds. The number of benzene rings is 1. The molecule has 0 aliphatic heterocycles. The summed E-state index contributed by atoms with van der Waals surface area (Å²) >= 11 is 0. The number of halogens is 1. The Bertz CT molecular complexity index is 437. The number of hydrogen-bond donors (Lipinski definition) is 1. The molecular weight excluding hydrogens is 247 g/mol. The first kappa shape index (κ1) is 14.0. The maximum atomic E-state index is 13.1. The van der Waals surface area contributed by atoms with Crippen molar-refractivity contribution in [3.63, 3.8) is 0 Å². The highest BCUT2D eigenvalue weighted by molar-refractivity contribution is 5.89. The van der Waals surface area contributed by atoms with E-state index < -0.39 is 11.8 Å². The molecule has 0 unspecified atom stereocenters. The highest BCUT2D eigenvalue weighted by Crippen LogP contribution is 2.22. The minimum atomic E-state index is -1.11. The van der Waals surface area contributed by atoms with Gasteiger partial charge in [0.15, 0.2) is 0 Å². The molecule has 0 radical (unpaired) electrons. The molecule has 19 heavy (non-hydrogen) atoms. The maximum absolute atomic E-state index is 13.1. The van der Waals surface area contributed by atoms with Crippen molar-refractivity contribution in [1.82, 2.24) is 0 Å². The molecule has 1 aliphatic rings. The lowest BCUT2D eigenvalue weighted by molar-refractivity contribution is 0.0299. The molecule has 1 fully saturated rings. The molecule has 3 nitrogen and oxygen atoms in total. The van der Waals surface area contributed by atoms with Gasteiger partial charge < -0.3 is 9.84 Å². The van der Waals surface area contributed by atoms with Crippen molar-refractivity contribution in [2.45, 2.75) is 51.2 Å². The Morgan fingerprint density at radius 2 is 1.95 bits per heavy atom. The zero-order valence-electron chi connectivity index (χ0n) is 10.9. The number of hydrogen-bond acceptors (Lipinski definition) is 2. The number of carboxylic acid groups (broad SMARTS) is 1. The third-order valence-electron chi connectivity index (χ3n) is 3.58. The molecule has 0 saturated heterocycles. The Kier molecular flexibility index (Phi) is 4.91. The van der Waals surface area contributed by atoms with Crippen LogP contribution in [0.3, 0.4) is 0 Å². The van der Waals surface area contributed by atoms with Crippen molar-refractivity contribution in [2.75, 3.05) is 0 Å². The van der Waals surface area contributed by atoms with Crippen LogP contribution < -0.4 is 0 Å². The molecule has 1 N–H and O–H groups in total. The van der Waals surface area contributed by atoms with E-state index in [1.165, 1.54) is 37.8 Å². The number of rotatable bonds is 4. The van der Waals surface area contributed by atoms with Crippen molar-refractivity contribution < 1.29 is 19.0 Å². The molecule has 1 aromatic rings. The topological polar surface area (TPSA) is 46.5 Å². The van der Waals surface area contributed by atoms with Gasteiger partial charge in [0, 0.05) is 0 Å². The molecule has 4 heteroatoms. The fourth-order valence-electron chi connectivity index (χ4n) is 2.49. The van der Waals surface area contributed by atoms with E-state index in [9.17, 15) is 9.18 Å². The van der Waals surface area contributed by atoms with E-state index in [2.05, 4.69) is 0 Å². The molecule has 0 atom stereocenters. The lowest BCUT2D eigenvalue weighted by Gasteiger charge is -2.16. The van der Waals surface area contributed by atoms with E-state index in [1.54, 1.807) is 0 Å². The van der Waals surface area contributed by atoms with Gasteiger partial charge in [-0.2, -0.15) is 0 Å². The number of ether oxygens (including phenoxy) is 1. The van der Waals surface area contributed by atoms with Gasteiger partial charge in [0.05, 0.1) is 18.3 Å². The standard InChI is InChI=1S/C15H19FO3/c16-12-8-7-11(14(9-12)15(17)18)10-19-13-5-3-1-2-4-6-13/h7-9,13H,1-6,10H2,(H,17,18). The minimum Gasteiger partial charge on any atom is -0.478 e. The Morgan fingerprint density at radius 1 is 1.26 bits per heavy atom. The third-order valence-corrected chi connectivity index (χ3v) is 3.58. The molecule has 1 aliphatic carbocycles. The summed E-state index contributed by atoms with van der Waals surface area (Å²) in [6.45, 7) is 0.243. The summed E-state index contributed by atoms with van der Waals surface area (Å²) in [5, 5.41) is 9.05. The SMILES string of the molecule is O=C(O)c1cc(F)ccc1COC1CCCCCC1. The summed E-state index contributed by atoms with van der Waals surface area (Å²) in [4.78, 5) is 11.1. The van der Waals surface area contributed by atoms with Crippen LogP contribution in [0.25, 0.3) is 0 Å². The second-order valence-electron chi connectivity index (χ2n) is 5.03. The molecule has 2 rings (SSSR count). The average molecular weight is 266 g/mol. The van der Waals surface area contributed by atoms with E-state index >= 15 is 0 Å². The first-order chi connectivity index (χ1) is 9.16. The van der Waals surface area contributed by atoms with Gasteiger partial charge in [0.2, 0.25) is 0 Å².